The molecular weight excluding hydrogens is 274 g/mol. The minimum Gasteiger partial charge on any atom is -0.504 e. The Labute approximate surface area is 121 Å². The molecule has 110 valence electrons. The number of ketones is 1. The number of ether oxygens (including phenoxy) is 2. The van der Waals surface area contributed by atoms with Gasteiger partial charge in [-0.3, -0.25) is 9.59 Å². The number of phenols is 1. The van der Waals surface area contributed by atoms with Gasteiger partial charge in [0.25, 0.3) is 0 Å². The fourth-order valence-electron chi connectivity index (χ4n) is 2.05. The molecule has 0 amide bonds. The highest BCUT2D eigenvalue weighted by Gasteiger charge is 2.39. The van der Waals surface area contributed by atoms with Crippen LogP contribution in [0.5, 0.6) is 11.5 Å². The first-order valence-electron chi connectivity index (χ1n) is 6.14. The number of benzene rings is 1. The molecule has 1 atom stereocenters. The quantitative estimate of drug-likeness (QED) is 0.494. The maximum Gasteiger partial charge on any atom is 0.322 e. The van der Waals surface area contributed by atoms with Crippen LogP contribution < -0.4 is 10.1 Å². The Morgan fingerprint density at radius 2 is 2.14 bits per heavy atom. The van der Waals surface area contributed by atoms with Gasteiger partial charge in [0.2, 0.25) is 0 Å². The highest BCUT2D eigenvalue weighted by atomic mass is 16.5. The summed E-state index contributed by atoms with van der Waals surface area (Å²) in [5.74, 6) is -1.79. The Bertz CT molecular complexity index is 647. The zero-order valence-corrected chi connectivity index (χ0v) is 11.7. The van der Waals surface area contributed by atoms with E-state index in [1.165, 1.54) is 20.3 Å². The van der Waals surface area contributed by atoms with Crippen molar-refractivity contribution in [2.24, 2.45) is 5.92 Å². The van der Waals surface area contributed by atoms with E-state index in [1.807, 2.05) is 0 Å². The number of rotatable bonds is 3. The largest absolute Gasteiger partial charge is 0.504 e. The SMILES string of the molecule is C=C1NC(=Cc2ccc(O)c(OC)c2)C(=O)C1C(=O)OC. The van der Waals surface area contributed by atoms with Crippen LogP contribution >= 0.6 is 0 Å². The van der Waals surface area contributed by atoms with Gasteiger partial charge >= 0.3 is 5.97 Å². The number of hydrogen-bond acceptors (Lipinski definition) is 6. The first-order chi connectivity index (χ1) is 9.97. The lowest BCUT2D eigenvalue weighted by Gasteiger charge is -2.04. The number of hydrogen-bond donors (Lipinski definition) is 2. The summed E-state index contributed by atoms with van der Waals surface area (Å²) in [7, 11) is 2.65. The molecule has 1 saturated heterocycles. The molecule has 21 heavy (non-hydrogen) atoms. The summed E-state index contributed by atoms with van der Waals surface area (Å²) in [4.78, 5) is 23.7. The topological polar surface area (TPSA) is 84.9 Å². The third kappa shape index (κ3) is 2.74. The fourth-order valence-corrected chi connectivity index (χ4v) is 2.05. The number of esters is 1. The lowest BCUT2D eigenvalue weighted by molar-refractivity contribution is -0.146. The molecule has 0 aliphatic carbocycles. The maximum absolute atomic E-state index is 12.2. The second-order valence-corrected chi connectivity index (χ2v) is 4.46. The van der Waals surface area contributed by atoms with Crippen molar-refractivity contribution in [3.63, 3.8) is 0 Å². The van der Waals surface area contributed by atoms with Crippen LogP contribution in [0.15, 0.2) is 36.2 Å². The van der Waals surface area contributed by atoms with E-state index in [-0.39, 0.29) is 22.9 Å². The average Bonchev–Trinajstić information content (AvgIpc) is 2.74. The fraction of sp³-hybridized carbons (Fsp3) is 0.200. The van der Waals surface area contributed by atoms with Gasteiger partial charge in [0.05, 0.1) is 19.9 Å². The standard InChI is InChI=1S/C15H15NO5/c1-8-13(15(19)21-3)14(18)10(16-8)6-9-4-5-11(17)12(7-9)20-2/h4-7,13,16-17H,1H2,2-3H3. The van der Waals surface area contributed by atoms with Gasteiger partial charge in [-0.1, -0.05) is 12.6 Å². The number of phenolic OH excluding ortho intramolecular Hbond substituents is 1. The highest BCUT2D eigenvalue weighted by molar-refractivity contribution is 6.14. The molecule has 1 aliphatic heterocycles. The van der Waals surface area contributed by atoms with Gasteiger partial charge in [0.1, 0.15) is 0 Å². The van der Waals surface area contributed by atoms with Crippen LogP contribution in [0.2, 0.25) is 0 Å². The van der Waals surface area contributed by atoms with Gasteiger partial charge in [0, 0.05) is 5.70 Å². The van der Waals surface area contributed by atoms with E-state index in [1.54, 1.807) is 18.2 Å². The molecule has 1 aliphatic rings. The van der Waals surface area contributed by atoms with Crippen LogP contribution in [0.25, 0.3) is 6.08 Å². The molecular formula is C15H15NO5. The maximum atomic E-state index is 12.2. The van der Waals surface area contributed by atoms with Crippen molar-refractivity contribution >= 4 is 17.8 Å². The molecule has 1 fully saturated rings. The summed E-state index contributed by atoms with van der Waals surface area (Å²) in [6.07, 6.45) is 1.55. The van der Waals surface area contributed by atoms with E-state index in [0.717, 1.165) is 0 Å². The lowest BCUT2D eigenvalue weighted by atomic mass is 10.0. The van der Waals surface area contributed by atoms with Crippen LogP contribution in [-0.4, -0.2) is 31.1 Å². The summed E-state index contributed by atoms with van der Waals surface area (Å²) >= 11 is 0. The highest BCUT2D eigenvalue weighted by Crippen LogP contribution is 2.29. The second-order valence-electron chi connectivity index (χ2n) is 4.46. The molecule has 6 heteroatoms. The molecule has 0 radical (unpaired) electrons. The van der Waals surface area contributed by atoms with Gasteiger partial charge < -0.3 is 19.9 Å². The summed E-state index contributed by atoms with van der Waals surface area (Å²) in [5, 5.41) is 12.3. The van der Waals surface area contributed by atoms with E-state index in [0.29, 0.717) is 5.56 Å². The number of methoxy groups -OCH3 is 2. The summed E-state index contributed by atoms with van der Waals surface area (Å²) < 4.78 is 9.58. The summed E-state index contributed by atoms with van der Waals surface area (Å²) in [6, 6.07) is 4.65. The third-order valence-electron chi connectivity index (χ3n) is 3.12. The minimum atomic E-state index is -1.03. The van der Waals surface area contributed by atoms with E-state index in [9.17, 15) is 14.7 Å². The normalized spacial score (nSPS) is 19.5. The lowest BCUT2D eigenvalue weighted by Crippen LogP contribution is -2.21. The van der Waals surface area contributed by atoms with Crippen molar-refractivity contribution in [2.45, 2.75) is 0 Å². The Kier molecular flexibility index (Phi) is 3.98. The molecule has 0 bridgehead atoms. The Morgan fingerprint density at radius 1 is 1.43 bits per heavy atom. The van der Waals surface area contributed by atoms with Gasteiger partial charge in [-0.2, -0.15) is 0 Å². The zero-order valence-electron chi connectivity index (χ0n) is 11.7. The molecule has 6 nitrogen and oxygen atoms in total. The molecule has 0 spiro atoms. The van der Waals surface area contributed by atoms with E-state index in [4.69, 9.17) is 4.74 Å². The first-order valence-corrected chi connectivity index (χ1v) is 6.14. The van der Waals surface area contributed by atoms with Crippen LogP contribution in [-0.2, 0) is 14.3 Å². The smallest absolute Gasteiger partial charge is 0.322 e. The molecule has 0 saturated carbocycles. The van der Waals surface area contributed by atoms with Gasteiger partial charge in [0.15, 0.2) is 23.2 Å². The molecule has 2 N–H and O–H groups in total. The van der Waals surface area contributed by atoms with E-state index in [2.05, 4.69) is 16.6 Å². The zero-order chi connectivity index (χ0) is 15.6. The number of aromatic hydroxyl groups is 1. The third-order valence-corrected chi connectivity index (χ3v) is 3.12. The number of carbonyl (C=O) groups is 2. The number of Topliss-reactive ketones (excluding diaryl/α,β-unsaturated/α-hetero) is 1. The Morgan fingerprint density at radius 3 is 2.76 bits per heavy atom. The number of allylic oxidation sites excluding steroid dienone is 1. The Balaban J connectivity index is 2.33. The predicted octanol–water partition coefficient (Wildman–Crippen LogP) is 1.22. The molecule has 1 heterocycles. The van der Waals surface area contributed by atoms with Crippen LogP contribution in [0.1, 0.15) is 5.56 Å². The van der Waals surface area contributed by atoms with Crippen molar-refractivity contribution < 1.29 is 24.2 Å². The van der Waals surface area contributed by atoms with Crippen molar-refractivity contribution in [3.05, 3.63) is 41.7 Å². The number of carbonyl (C=O) groups excluding carboxylic acids is 2. The molecule has 1 aromatic carbocycles. The van der Waals surface area contributed by atoms with E-state index >= 15 is 0 Å². The molecule has 0 aromatic heterocycles. The van der Waals surface area contributed by atoms with Crippen molar-refractivity contribution in [2.75, 3.05) is 14.2 Å². The minimum absolute atomic E-state index is 0.00204. The van der Waals surface area contributed by atoms with Crippen molar-refractivity contribution in [1.29, 1.82) is 0 Å². The second kappa shape index (κ2) is 5.70. The van der Waals surface area contributed by atoms with Gasteiger partial charge in [-0.15, -0.1) is 0 Å². The van der Waals surface area contributed by atoms with Crippen LogP contribution in [0.4, 0.5) is 0 Å². The Hall–Kier alpha value is -2.76. The predicted molar refractivity (Wildman–Crippen MR) is 75.4 cm³/mol. The summed E-state index contributed by atoms with van der Waals surface area (Å²) in [5.41, 5.74) is 1.16. The van der Waals surface area contributed by atoms with Crippen LogP contribution in [0.3, 0.4) is 0 Å². The molecule has 1 aromatic rings. The first kappa shape index (κ1) is 14.6. The van der Waals surface area contributed by atoms with Crippen LogP contribution in [0, 0.1) is 5.92 Å². The van der Waals surface area contributed by atoms with Gasteiger partial charge in [-0.05, 0) is 23.8 Å². The molecule has 1 unspecified atom stereocenters. The van der Waals surface area contributed by atoms with Gasteiger partial charge in [-0.25, -0.2) is 0 Å². The number of nitrogens with one attached hydrogen (secondary N) is 1. The van der Waals surface area contributed by atoms with E-state index < -0.39 is 17.7 Å². The van der Waals surface area contributed by atoms with Crippen molar-refractivity contribution in [3.8, 4) is 11.5 Å². The average molecular weight is 289 g/mol. The summed E-state index contributed by atoms with van der Waals surface area (Å²) in [6.45, 7) is 3.66. The monoisotopic (exact) mass is 289 g/mol. The molecule has 2 rings (SSSR count). The van der Waals surface area contributed by atoms with Crippen molar-refractivity contribution in [1.82, 2.24) is 5.32 Å².